The van der Waals surface area contributed by atoms with E-state index in [4.69, 9.17) is 4.74 Å². The second-order valence-electron chi connectivity index (χ2n) is 6.45. The van der Waals surface area contributed by atoms with Gasteiger partial charge < -0.3 is 10.1 Å². The molecule has 0 aliphatic carbocycles. The summed E-state index contributed by atoms with van der Waals surface area (Å²) in [5.74, 6) is 0.559. The number of hydrogen-bond donors (Lipinski definition) is 1. The molecule has 140 valence electrons. The molecule has 0 aliphatic rings. The van der Waals surface area contributed by atoms with E-state index >= 15 is 0 Å². The lowest BCUT2D eigenvalue weighted by atomic mass is 10.1. The average Bonchev–Trinajstić information content (AvgIpc) is 3.17. The molecule has 4 aromatic rings. The Labute approximate surface area is 162 Å². The van der Waals surface area contributed by atoms with Crippen molar-refractivity contribution in [1.82, 2.24) is 15.1 Å². The second kappa shape index (κ2) is 7.56. The number of fused-ring (bicyclic) bond motifs is 1. The van der Waals surface area contributed by atoms with Crippen LogP contribution in [0, 0.1) is 5.82 Å². The zero-order valence-corrected chi connectivity index (χ0v) is 15.5. The van der Waals surface area contributed by atoms with Crippen LogP contribution in [0.5, 0.6) is 5.75 Å². The summed E-state index contributed by atoms with van der Waals surface area (Å²) in [6.45, 7) is 4.83. The van der Waals surface area contributed by atoms with Gasteiger partial charge in [0.1, 0.15) is 11.6 Å². The molecule has 0 aliphatic heterocycles. The summed E-state index contributed by atoms with van der Waals surface area (Å²) < 4.78 is 20.3. The molecular formula is C23H20FN3O. The van der Waals surface area contributed by atoms with Crippen molar-refractivity contribution < 1.29 is 9.13 Å². The lowest BCUT2D eigenvalue weighted by molar-refractivity contribution is 0.414. The number of hydrogen-bond acceptors (Lipinski definition) is 3. The van der Waals surface area contributed by atoms with Crippen molar-refractivity contribution in [3.8, 4) is 11.4 Å². The van der Waals surface area contributed by atoms with Gasteiger partial charge in [-0.1, -0.05) is 30.8 Å². The van der Waals surface area contributed by atoms with Gasteiger partial charge in [-0.2, -0.15) is 5.10 Å². The minimum absolute atomic E-state index is 0.268. The highest BCUT2D eigenvalue weighted by Gasteiger charge is 2.11. The summed E-state index contributed by atoms with van der Waals surface area (Å²) in [6, 6.07) is 20.2. The summed E-state index contributed by atoms with van der Waals surface area (Å²) in [4.78, 5) is 0. The summed E-state index contributed by atoms with van der Waals surface area (Å²) >= 11 is 0. The van der Waals surface area contributed by atoms with E-state index in [2.05, 4.69) is 17.0 Å². The van der Waals surface area contributed by atoms with Crippen molar-refractivity contribution in [2.75, 3.05) is 7.11 Å². The normalized spacial score (nSPS) is 10.8. The largest absolute Gasteiger partial charge is 0.497 e. The maximum absolute atomic E-state index is 13.2. The molecule has 0 unspecified atom stereocenters. The third-order valence-corrected chi connectivity index (χ3v) is 4.65. The standard InChI is InChI=1S/C23H20FN3O/c1-16(25-14-17-5-3-6-20(13-17)28-2)21-7-4-8-23-22(21)15-26-27(23)19-11-9-18(24)10-12-19/h3-13,15,25H,1,14H2,2H3. The first kappa shape index (κ1) is 17.8. The van der Waals surface area contributed by atoms with E-state index in [1.165, 1.54) is 12.1 Å². The number of aromatic nitrogens is 2. The SMILES string of the molecule is C=C(NCc1cccc(OC)c1)c1cccc2c1cnn2-c1ccc(F)cc1. The van der Waals surface area contributed by atoms with Crippen LogP contribution in [-0.2, 0) is 6.54 Å². The van der Waals surface area contributed by atoms with Crippen LogP contribution in [0.1, 0.15) is 11.1 Å². The number of nitrogens with one attached hydrogen (secondary N) is 1. The van der Waals surface area contributed by atoms with Gasteiger partial charge in [-0.15, -0.1) is 0 Å². The molecule has 4 nitrogen and oxygen atoms in total. The van der Waals surface area contributed by atoms with E-state index in [-0.39, 0.29) is 5.82 Å². The van der Waals surface area contributed by atoms with Gasteiger partial charge in [0.2, 0.25) is 0 Å². The number of halogens is 1. The highest BCUT2D eigenvalue weighted by Crippen LogP contribution is 2.25. The van der Waals surface area contributed by atoms with E-state index in [0.29, 0.717) is 6.54 Å². The smallest absolute Gasteiger partial charge is 0.123 e. The Hall–Kier alpha value is -3.60. The molecule has 5 heteroatoms. The first-order valence-corrected chi connectivity index (χ1v) is 8.94. The Morgan fingerprint density at radius 1 is 1.11 bits per heavy atom. The third kappa shape index (κ3) is 3.47. The zero-order valence-electron chi connectivity index (χ0n) is 15.5. The van der Waals surface area contributed by atoms with Crippen molar-refractivity contribution in [3.63, 3.8) is 0 Å². The molecule has 0 bridgehead atoms. The van der Waals surface area contributed by atoms with E-state index < -0.39 is 0 Å². The molecule has 0 amide bonds. The van der Waals surface area contributed by atoms with Crippen LogP contribution in [-0.4, -0.2) is 16.9 Å². The van der Waals surface area contributed by atoms with Crippen molar-refractivity contribution in [2.24, 2.45) is 0 Å². The van der Waals surface area contributed by atoms with Crippen molar-refractivity contribution in [1.29, 1.82) is 0 Å². The van der Waals surface area contributed by atoms with Gasteiger partial charge in [0, 0.05) is 23.2 Å². The van der Waals surface area contributed by atoms with Gasteiger partial charge in [-0.3, -0.25) is 0 Å². The number of ether oxygens (including phenoxy) is 1. The molecule has 0 radical (unpaired) electrons. The Kier molecular flexibility index (Phi) is 4.81. The molecular weight excluding hydrogens is 353 g/mol. The van der Waals surface area contributed by atoms with Gasteiger partial charge in [0.15, 0.2) is 0 Å². The minimum Gasteiger partial charge on any atom is -0.497 e. The molecule has 0 saturated heterocycles. The average molecular weight is 373 g/mol. The summed E-state index contributed by atoms with van der Waals surface area (Å²) in [7, 11) is 1.66. The maximum Gasteiger partial charge on any atom is 0.123 e. The Bertz CT molecular complexity index is 1130. The fourth-order valence-corrected chi connectivity index (χ4v) is 3.19. The Morgan fingerprint density at radius 3 is 2.68 bits per heavy atom. The molecule has 28 heavy (non-hydrogen) atoms. The predicted molar refractivity (Wildman–Crippen MR) is 110 cm³/mol. The van der Waals surface area contributed by atoms with Crippen LogP contribution in [0.2, 0.25) is 0 Å². The van der Waals surface area contributed by atoms with Crippen molar-refractivity contribution in [3.05, 3.63) is 96.4 Å². The molecule has 1 heterocycles. The van der Waals surface area contributed by atoms with Gasteiger partial charge in [-0.25, -0.2) is 9.07 Å². The van der Waals surface area contributed by atoms with Gasteiger partial charge in [0.25, 0.3) is 0 Å². The highest BCUT2D eigenvalue weighted by molar-refractivity contribution is 5.91. The Balaban J connectivity index is 1.60. The molecule has 1 aromatic heterocycles. The first-order valence-electron chi connectivity index (χ1n) is 8.94. The number of benzene rings is 3. The summed E-state index contributed by atoms with van der Waals surface area (Å²) in [6.07, 6.45) is 1.81. The summed E-state index contributed by atoms with van der Waals surface area (Å²) in [5.41, 5.74) is 4.65. The van der Waals surface area contributed by atoms with Crippen LogP contribution in [0.3, 0.4) is 0 Å². The van der Waals surface area contributed by atoms with E-state index in [1.54, 1.807) is 23.9 Å². The van der Waals surface area contributed by atoms with Crippen LogP contribution in [0.15, 0.2) is 79.5 Å². The first-order chi connectivity index (χ1) is 13.7. The van der Waals surface area contributed by atoms with Crippen molar-refractivity contribution >= 4 is 16.6 Å². The lowest BCUT2D eigenvalue weighted by Crippen LogP contribution is -2.11. The minimum atomic E-state index is -0.268. The van der Waals surface area contributed by atoms with Gasteiger partial charge in [0.05, 0.1) is 24.5 Å². The van der Waals surface area contributed by atoms with Crippen LogP contribution in [0.25, 0.3) is 22.3 Å². The molecule has 0 atom stereocenters. The van der Waals surface area contributed by atoms with Crippen LogP contribution in [0.4, 0.5) is 4.39 Å². The molecule has 0 saturated carbocycles. The highest BCUT2D eigenvalue weighted by atomic mass is 19.1. The quantitative estimate of drug-likeness (QED) is 0.521. The van der Waals surface area contributed by atoms with Gasteiger partial charge >= 0.3 is 0 Å². The maximum atomic E-state index is 13.2. The monoisotopic (exact) mass is 373 g/mol. The second-order valence-corrected chi connectivity index (χ2v) is 6.45. The number of methoxy groups -OCH3 is 1. The fourth-order valence-electron chi connectivity index (χ4n) is 3.19. The number of rotatable bonds is 6. The molecule has 1 N–H and O–H groups in total. The van der Waals surface area contributed by atoms with E-state index in [0.717, 1.165) is 39.2 Å². The van der Waals surface area contributed by atoms with E-state index in [1.807, 2.05) is 48.7 Å². The molecule has 0 fully saturated rings. The van der Waals surface area contributed by atoms with Crippen LogP contribution < -0.4 is 10.1 Å². The zero-order chi connectivity index (χ0) is 19.5. The van der Waals surface area contributed by atoms with Gasteiger partial charge in [-0.05, 0) is 48.0 Å². The summed E-state index contributed by atoms with van der Waals surface area (Å²) in [5, 5.41) is 8.85. The molecule has 0 spiro atoms. The predicted octanol–water partition coefficient (Wildman–Crippen LogP) is 4.93. The molecule has 4 rings (SSSR count). The third-order valence-electron chi connectivity index (χ3n) is 4.65. The van der Waals surface area contributed by atoms with Crippen molar-refractivity contribution in [2.45, 2.75) is 6.54 Å². The van der Waals surface area contributed by atoms with Crippen LogP contribution >= 0.6 is 0 Å². The fraction of sp³-hybridized carbons (Fsp3) is 0.0870. The molecule has 3 aromatic carbocycles. The topological polar surface area (TPSA) is 39.1 Å². The lowest BCUT2D eigenvalue weighted by Gasteiger charge is -2.12. The van der Waals surface area contributed by atoms with E-state index in [9.17, 15) is 4.39 Å². The Morgan fingerprint density at radius 2 is 1.89 bits per heavy atom. The number of nitrogens with zero attached hydrogens (tertiary/aromatic N) is 2.